The van der Waals surface area contributed by atoms with Crippen molar-refractivity contribution in [2.24, 2.45) is 12.9 Å². The maximum Gasteiger partial charge on any atom is 0.118 e. The Kier molecular flexibility index (Phi) is 3.96. The van der Waals surface area contributed by atoms with Crippen LogP contribution in [0.5, 0.6) is 5.75 Å². The smallest absolute Gasteiger partial charge is 0.118 e. The zero-order chi connectivity index (χ0) is 13.0. The largest absolute Gasteiger partial charge is 0.497 e. The molecular formula is C13H18N4O. The number of nitrogens with two attached hydrogens (primary N) is 1. The summed E-state index contributed by atoms with van der Waals surface area (Å²) in [5.41, 5.74) is 3.94. The molecule has 2 aromatic rings. The molecule has 0 fully saturated rings. The third-order valence-corrected chi connectivity index (χ3v) is 3.03. The predicted molar refractivity (Wildman–Crippen MR) is 70.0 cm³/mol. The number of nitrogens with one attached hydrogen (secondary N) is 1. The van der Waals surface area contributed by atoms with Crippen LogP contribution in [0.3, 0.4) is 0 Å². The molecule has 0 radical (unpaired) electrons. The fraction of sp³-hybridized carbons (Fsp3) is 0.308. The van der Waals surface area contributed by atoms with Crippen LogP contribution < -0.4 is 16.0 Å². The van der Waals surface area contributed by atoms with Gasteiger partial charge in [-0.05, 0) is 17.7 Å². The number of methoxy groups -OCH3 is 1. The van der Waals surface area contributed by atoms with Gasteiger partial charge in [-0.2, -0.15) is 0 Å². The summed E-state index contributed by atoms with van der Waals surface area (Å²) in [5, 5.41) is 0. The predicted octanol–water partition coefficient (Wildman–Crippen LogP) is 1.18. The van der Waals surface area contributed by atoms with Crippen molar-refractivity contribution in [3.63, 3.8) is 0 Å². The second-order valence-corrected chi connectivity index (χ2v) is 4.15. The molecule has 0 spiro atoms. The van der Waals surface area contributed by atoms with Crippen LogP contribution in [0.4, 0.5) is 0 Å². The van der Waals surface area contributed by atoms with Crippen LogP contribution in [0.1, 0.15) is 17.4 Å². The first kappa shape index (κ1) is 12.6. The highest BCUT2D eigenvalue weighted by Crippen LogP contribution is 2.19. The first-order chi connectivity index (χ1) is 8.74. The molecule has 0 bridgehead atoms. The van der Waals surface area contributed by atoms with Gasteiger partial charge in [0, 0.05) is 25.9 Å². The molecule has 0 saturated heterocycles. The van der Waals surface area contributed by atoms with E-state index in [2.05, 4.69) is 10.4 Å². The third kappa shape index (κ3) is 2.69. The Hall–Kier alpha value is -1.85. The number of aryl methyl sites for hydroxylation is 1. The van der Waals surface area contributed by atoms with Crippen LogP contribution >= 0.6 is 0 Å². The van der Waals surface area contributed by atoms with Crippen molar-refractivity contribution in [3.8, 4) is 5.75 Å². The second kappa shape index (κ2) is 5.66. The van der Waals surface area contributed by atoms with Crippen LogP contribution in [0.15, 0.2) is 36.7 Å². The Morgan fingerprint density at radius 2 is 2.11 bits per heavy atom. The second-order valence-electron chi connectivity index (χ2n) is 4.15. The molecule has 0 aliphatic carbocycles. The molecular weight excluding hydrogens is 228 g/mol. The lowest BCUT2D eigenvalue weighted by Gasteiger charge is -2.16. The monoisotopic (exact) mass is 246 g/mol. The Morgan fingerprint density at radius 3 is 2.61 bits per heavy atom. The summed E-state index contributed by atoms with van der Waals surface area (Å²) < 4.78 is 7.13. The minimum absolute atomic E-state index is 0.0389. The lowest BCUT2D eigenvalue weighted by atomic mass is 10.0. The Balaban J connectivity index is 2.15. The Morgan fingerprint density at radius 1 is 1.39 bits per heavy atom. The van der Waals surface area contributed by atoms with Gasteiger partial charge in [-0.15, -0.1) is 0 Å². The van der Waals surface area contributed by atoms with E-state index in [0.29, 0.717) is 0 Å². The van der Waals surface area contributed by atoms with Gasteiger partial charge < -0.3 is 9.30 Å². The summed E-state index contributed by atoms with van der Waals surface area (Å²) in [6, 6.07) is 7.91. The highest BCUT2D eigenvalue weighted by molar-refractivity contribution is 5.29. The minimum atomic E-state index is 0.0389. The van der Waals surface area contributed by atoms with Crippen molar-refractivity contribution in [2.45, 2.75) is 12.5 Å². The quantitative estimate of drug-likeness (QED) is 0.614. The van der Waals surface area contributed by atoms with E-state index in [9.17, 15) is 0 Å². The first-order valence-corrected chi connectivity index (χ1v) is 5.81. The van der Waals surface area contributed by atoms with Gasteiger partial charge in [-0.25, -0.2) is 4.98 Å². The van der Waals surface area contributed by atoms with E-state index in [1.165, 1.54) is 0 Å². The van der Waals surface area contributed by atoms with Crippen molar-refractivity contribution in [1.29, 1.82) is 0 Å². The third-order valence-electron chi connectivity index (χ3n) is 3.03. The van der Waals surface area contributed by atoms with Gasteiger partial charge in [-0.3, -0.25) is 11.3 Å². The maximum absolute atomic E-state index is 5.62. The number of aromatic nitrogens is 2. The number of imidazole rings is 1. The molecule has 5 heteroatoms. The zero-order valence-electron chi connectivity index (χ0n) is 10.6. The molecule has 3 N–H and O–H groups in total. The topological polar surface area (TPSA) is 65.1 Å². The number of hydrogen-bond acceptors (Lipinski definition) is 4. The molecule has 1 heterocycles. The molecule has 0 saturated carbocycles. The summed E-state index contributed by atoms with van der Waals surface area (Å²) in [7, 11) is 3.63. The summed E-state index contributed by atoms with van der Waals surface area (Å²) >= 11 is 0. The van der Waals surface area contributed by atoms with Crippen molar-refractivity contribution in [3.05, 3.63) is 48.0 Å². The van der Waals surface area contributed by atoms with E-state index in [1.807, 2.05) is 42.1 Å². The molecule has 1 atom stereocenters. The molecule has 1 aromatic carbocycles. The van der Waals surface area contributed by atoms with Gasteiger partial charge >= 0.3 is 0 Å². The maximum atomic E-state index is 5.62. The molecule has 1 unspecified atom stereocenters. The normalized spacial score (nSPS) is 12.4. The molecule has 96 valence electrons. The summed E-state index contributed by atoms with van der Waals surface area (Å²) in [6.45, 7) is 0. The average molecular weight is 246 g/mol. The van der Waals surface area contributed by atoms with Gasteiger partial charge in [0.15, 0.2) is 0 Å². The fourth-order valence-corrected chi connectivity index (χ4v) is 1.88. The van der Waals surface area contributed by atoms with E-state index in [0.717, 1.165) is 23.6 Å². The number of rotatable bonds is 5. The van der Waals surface area contributed by atoms with Crippen molar-refractivity contribution in [1.82, 2.24) is 15.0 Å². The summed E-state index contributed by atoms with van der Waals surface area (Å²) in [4.78, 5) is 4.31. The summed E-state index contributed by atoms with van der Waals surface area (Å²) in [5.74, 6) is 7.46. The van der Waals surface area contributed by atoms with Gasteiger partial charge in [0.2, 0.25) is 0 Å². The number of hydrazine groups is 1. The molecule has 2 rings (SSSR count). The molecule has 18 heavy (non-hydrogen) atoms. The first-order valence-electron chi connectivity index (χ1n) is 5.81. The van der Waals surface area contributed by atoms with E-state index in [-0.39, 0.29) is 6.04 Å². The van der Waals surface area contributed by atoms with Crippen LogP contribution in [0.2, 0.25) is 0 Å². The van der Waals surface area contributed by atoms with Crippen molar-refractivity contribution < 1.29 is 4.74 Å². The lowest BCUT2D eigenvalue weighted by Crippen LogP contribution is -2.30. The standard InChI is InChI=1S/C13H18N4O/c1-17-8-7-15-13(17)9-12(16-14)10-3-5-11(18-2)6-4-10/h3-8,12,16H,9,14H2,1-2H3. The molecule has 0 amide bonds. The van der Waals surface area contributed by atoms with Gasteiger partial charge in [-0.1, -0.05) is 12.1 Å². The number of nitrogens with zero attached hydrogens (tertiary/aromatic N) is 2. The number of ether oxygens (including phenoxy) is 1. The van der Waals surface area contributed by atoms with Gasteiger partial charge in [0.1, 0.15) is 11.6 Å². The lowest BCUT2D eigenvalue weighted by molar-refractivity contribution is 0.414. The van der Waals surface area contributed by atoms with Crippen molar-refractivity contribution >= 4 is 0 Å². The van der Waals surface area contributed by atoms with E-state index >= 15 is 0 Å². The SMILES string of the molecule is COc1ccc(C(Cc2nccn2C)NN)cc1. The Bertz CT molecular complexity index is 492. The number of benzene rings is 1. The zero-order valence-corrected chi connectivity index (χ0v) is 10.6. The summed E-state index contributed by atoms with van der Waals surface area (Å²) in [6.07, 6.45) is 4.46. The number of hydrogen-bond donors (Lipinski definition) is 2. The van der Waals surface area contributed by atoms with E-state index in [4.69, 9.17) is 10.6 Å². The average Bonchev–Trinajstić information content (AvgIpc) is 2.81. The van der Waals surface area contributed by atoms with Gasteiger partial charge in [0.05, 0.1) is 13.2 Å². The van der Waals surface area contributed by atoms with Crippen LogP contribution in [0.25, 0.3) is 0 Å². The highest BCUT2D eigenvalue weighted by atomic mass is 16.5. The van der Waals surface area contributed by atoms with Crippen LogP contribution in [0, 0.1) is 0 Å². The minimum Gasteiger partial charge on any atom is -0.497 e. The van der Waals surface area contributed by atoms with Crippen LogP contribution in [-0.4, -0.2) is 16.7 Å². The van der Waals surface area contributed by atoms with E-state index < -0.39 is 0 Å². The van der Waals surface area contributed by atoms with E-state index in [1.54, 1.807) is 13.3 Å². The highest BCUT2D eigenvalue weighted by Gasteiger charge is 2.13. The molecule has 0 aliphatic rings. The van der Waals surface area contributed by atoms with Crippen molar-refractivity contribution in [2.75, 3.05) is 7.11 Å². The van der Waals surface area contributed by atoms with Gasteiger partial charge in [0.25, 0.3) is 0 Å². The Labute approximate surface area is 107 Å². The van der Waals surface area contributed by atoms with Crippen LogP contribution in [-0.2, 0) is 13.5 Å². The molecule has 1 aromatic heterocycles. The molecule has 5 nitrogen and oxygen atoms in total. The molecule has 0 aliphatic heterocycles. The fourth-order valence-electron chi connectivity index (χ4n) is 1.88.